The summed E-state index contributed by atoms with van der Waals surface area (Å²) in [5.41, 5.74) is 1.88. The molecule has 0 N–H and O–H groups in total. The maximum atomic E-state index is 3.06. The van der Waals surface area contributed by atoms with E-state index in [9.17, 15) is 0 Å². The molecule has 0 heteroatoms. The first-order valence-electron chi connectivity index (χ1n) is 4.82. The second kappa shape index (κ2) is 3.17. The molecule has 0 unspecified atom stereocenters. The van der Waals surface area contributed by atoms with E-state index in [-0.39, 0.29) is 10.8 Å². The third-order valence-electron chi connectivity index (χ3n) is 3.31. The molecule has 71 valence electrons. The van der Waals surface area contributed by atoms with Gasteiger partial charge in [-0.2, -0.15) is 0 Å². The minimum absolute atomic E-state index is 0.210. The summed E-state index contributed by atoms with van der Waals surface area (Å²) in [6.07, 6.45) is 0. The summed E-state index contributed by atoms with van der Waals surface area (Å²) >= 11 is 0. The fraction of sp³-hybridized carbons (Fsp3) is 0.538. The molecule has 1 aromatic carbocycles. The topological polar surface area (TPSA) is 0 Å². The van der Waals surface area contributed by atoms with Crippen LogP contribution in [0.1, 0.15) is 40.2 Å². The lowest BCUT2D eigenvalue weighted by Crippen LogP contribution is -2.33. The average Bonchev–Trinajstić information content (AvgIpc) is 2.04. The van der Waals surface area contributed by atoms with Crippen molar-refractivity contribution in [1.82, 2.24) is 0 Å². The van der Waals surface area contributed by atoms with E-state index in [0.717, 1.165) is 0 Å². The molecule has 1 rings (SSSR count). The van der Waals surface area contributed by atoms with Crippen molar-refractivity contribution >= 4 is 0 Å². The van der Waals surface area contributed by atoms with Crippen LogP contribution in [0.25, 0.3) is 0 Å². The average molecular weight is 175 g/mol. The third-order valence-corrected chi connectivity index (χ3v) is 3.31. The van der Waals surface area contributed by atoms with E-state index in [2.05, 4.69) is 52.8 Å². The normalized spacial score (nSPS) is 13.0. The van der Waals surface area contributed by atoms with Crippen LogP contribution < -0.4 is 0 Å². The highest BCUT2D eigenvalue weighted by Gasteiger charge is 2.33. The van der Waals surface area contributed by atoms with Gasteiger partial charge in [-0.25, -0.2) is 0 Å². The Morgan fingerprint density at radius 3 is 1.77 bits per heavy atom. The number of hydrogen-bond donors (Lipinski definition) is 0. The van der Waals surface area contributed by atoms with Crippen LogP contribution in [0.4, 0.5) is 0 Å². The van der Waals surface area contributed by atoms with Crippen LogP contribution in [0.3, 0.4) is 0 Å². The van der Waals surface area contributed by atoms with Gasteiger partial charge in [0.15, 0.2) is 0 Å². The second-order valence-corrected chi connectivity index (χ2v) is 5.16. The van der Waals surface area contributed by atoms with Gasteiger partial charge in [-0.1, -0.05) is 58.9 Å². The predicted octanol–water partition coefficient (Wildman–Crippen LogP) is 3.81. The van der Waals surface area contributed by atoms with Gasteiger partial charge in [0.25, 0.3) is 0 Å². The van der Waals surface area contributed by atoms with Crippen LogP contribution in [0, 0.1) is 11.5 Å². The monoisotopic (exact) mass is 175 g/mol. The Kier molecular flexibility index (Phi) is 2.51. The van der Waals surface area contributed by atoms with Crippen LogP contribution in [0.2, 0.25) is 0 Å². The molecule has 0 aliphatic rings. The third kappa shape index (κ3) is 1.93. The lowest BCUT2D eigenvalue weighted by Gasteiger charge is -2.39. The molecule has 0 saturated carbocycles. The largest absolute Gasteiger partial charge is 0.0593 e. The molecule has 0 aromatic heterocycles. The van der Waals surface area contributed by atoms with E-state index in [1.54, 1.807) is 0 Å². The van der Waals surface area contributed by atoms with Crippen molar-refractivity contribution in [1.29, 1.82) is 0 Å². The highest BCUT2D eigenvalue weighted by molar-refractivity contribution is 5.25. The molecule has 0 heterocycles. The minimum atomic E-state index is 0.210. The van der Waals surface area contributed by atoms with Crippen molar-refractivity contribution in [3.8, 4) is 0 Å². The summed E-state index contributed by atoms with van der Waals surface area (Å²) in [4.78, 5) is 0. The fourth-order valence-corrected chi connectivity index (χ4v) is 1.24. The summed E-state index contributed by atoms with van der Waals surface area (Å²) in [6, 6.07) is 11.4. The molecule has 0 aliphatic carbocycles. The fourth-order valence-electron chi connectivity index (χ4n) is 1.24. The first-order valence-corrected chi connectivity index (χ1v) is 4.82. The van der Waals surface area contributed by atoms with Gasteiger partial charge < -0.3 is 0 Å². The Morgan fingerprint density at radius 2 is 1.38 bits per heavy atom. The van der Waals surface area contributed by atoms with Crippen molar-refractivity contribution in [2.24, 2.45) is 5.41 Å². The van der Waals surface area contributed by atoms with Crippen molar-refractivity contribution < 1.29 is 0 Å². The van der Waals surface area contributed by atoms with Crippen molar-refractivity contribution in [2.45, 2.75) is 40.0 Å². The van der Waals surface area contributed by atoms with Crippen molar-refractivity contribution in [3.05, 3.63) is 35.9 Å². The Bertz CT molecular complexity index is 262. The van der Waals surface area contributed by atoms with E-state index >= 15 is 0 Å². The number of rotatable bonds is 1. The van der Waals surface area contributed by atoms with Gasteiger partial charge in [0.05, 0.1) is 0 Å². The molecular formula is C13H19. The molecule has 1 radical (unpaired) electrons. The second-order valence-electron chi connectivity index (χ2n) is 5.16. The van der Waals surface area contributed by atoms with Crippen LogP contribution in [0.5, 0.6) is 0 Å². The van der Waals surface area contributed by atoms with Gasteiger partial charge in [-0.05, 0) is 22.5 Å². The molecule has 0 bridgehead atoms. The SMILES string of the molecule is CC(C)(C)C(C)(C)c1cc[c]cc1. The highest BCUT2D eigenvalue weighted by Crippen LogP contribution is 2.40. The smallest absolute Gasteiger partial charge is 0.00551 e. The summed E-state index contributed by atoms with van der Waals surface area (Å²) in [5, 5.41) is 0. The Balaban J connectivity index is 3.08. The Labute approximate surface area is 82.0 Å². The molecule has 0 nitrogen and oxygen atoms in total. The highest BCUT2D eigenvalue weighted by atomic mass is 14.4. The van der Waals surface area contributed by atoms with E-state index < -0.39 is 0 Å². The molecule has 13 heavy (non-hydrogen) atoms. The van der Waals surface area contributed by atoms with Gasteiger partial charge in [0.1, 0.15) is 0 Å². The summed E-state index contributed by atoms with van der Waals surface area (Å²) in [6.45, 7) is 11.4. The molecule has 0 saturated heterocycles. The van der Waals surface area contributed by atoms with Gasteiger partial charge in [0.2, 0.25) is 0 Å². The van der Waals surface area contributed by atoms with E-state index in [1.165, 1.54) is 5.56 Å². The number of benzene rings is 1. The predicted molar refractivity (Wildman–Crippen MR) is 57.8 cm³/mol. The van der Waals surface area contributed by atoms with Crippen molar-refractivity contribution in [2.75, 3.05) is 0 Å². The molecule has 1 aromatic rings. The lowest BCUT2D eigenvalue weighted by atomic mass is 9.65. The summed E-state index contributed by atoms with van der Waals surface area (Å²) in [7, 11) is 0. The molecule has 0 amide bonds. The Morgan fingerprint density at radius 1 is 0.923 bits per heavy atom. The molecule has 0 aliphatic heterocycles. The van der Waals surface area contributed by atoms with Crippen molar-refractivity contribution in [3.63, 3.8) is 0 Å². The van der Waals surface area contributed by atoms with Gasteiger partial charge in [-0.3, -0.25) is 0 Å². The summed E-state index contributed by atoms with van der Waals surface area (Å²) < 4.78 is 0. The van der Waals surface area contributed by atoms with E-state index in [1.807, 2.05) is 12.1 Å². The lowest BCUT2D eigenvalue weighted by molar-refractivity contribution is 0.225. The summed E-state index contributed by atoms with van der Waals surface area (Å²) in [5.74, 6) is 0. The van der Waals surface area contributed by atoms with Crippen LogP contribution in [-0.2, 0) is 5.41 Å². The molecular weight excluding hydrogens is 156 g/mol. The van der Waals surface area contributed by atoms with E-state index in [0.29, 0.717) is 0 Å². The first kappa shape index (κ1) is 10.3. The van der Waals surface area contributed by atoms with Crippen LogP contribution in [-0.4, -0.2) is 0 Å². The zero-order valence-electron chi connectivity index (χ0n) is 9.31. The van der Waals surface area contributed by atoms with E-state index in [4.69, 9.17) is 0 Å². The molecule has 0 spiro atoms. The molecule has 0 atom stereocenters. The quantitative estimate of drug-likeness (QED) is 0.609. The van der Waals surface area contributed by atoms with Crippen LogP contribution in [0.15, 0.2) is 24.3 Å². The van der Waals surface area contributed by atoms with Gasteiger partial charge in [0, 0.05) is 0 Å². The first-order chi connectivity index (χ1) is 5.86. The van der Waals surface area contributed by atoms with Crippen LogP contribution >= 0.6 is 0 Å². The Hall–Kier alpha value is -0.780. The van der Waals surface area contributed by atoms with Gasteiger partial charge in [-0.15, -0.1) is 0 Å². The minimum Gasteiger partial charge on any atom is -0.0593 e. The molecule has 0 fully saturated rings. The standard InChI is InChI=1S/C13H19/c1-12(2,3)13(4,5)11-9-7-6-8-10-11/h7-10H,1-5H3. The number of hydrogen-bond acceptors (Lipinski definition) is 0. The maximum Gasteiger partial charge on any atom is -0.00551 e. The van der Waals surface area contributed by atoms with Gasteiger partial charge >= 0.3 is 0 Å². The maximum absolute atomic E-state index is 3.06. The zero-order valence-corrected chi connectivity index (χ0v) is 9.31. The zero-order chi connectivity index (χ0) is 10.1.